The number of fused-ring (bicyclic) bond motifs is 1. The van der Waals surface area contributed by atoms with E-state index in [0.29, 0.717) is 22.9 Å². The molecule has 0 amide bonds. The molecule has 21 heavy (non-hydrogen) atoms. The summed E-state index contributed by atoms with van der Waals surface area (Å²) in [5.41, 5.74) is 8.79. The third-order valence-electron chi connectivity index (χ3n) is 3.19. The molecule has 2 N–H and O–H groups in total. The molecule has 4 nitrogen and oxygen atoms in total. The van der Waals surface area contributed by atoms with Crippen LogP contribution in [0.2, 0.25) is 0 Å². The van der Waals surface area contributed by atoms with Gasteiger partial charge in [0.15, 0.2) is 5.75 Å². The molecule has 0 atom stereocenters. The Morgan fingerprint density at radius 1 is 1.14 bits per heavy atom. The predicted molar refractivity (Wildman–Crippen MR) is 82.1 cm³/mol. The number of para-hydroxylation sites is 1. The van der Waals surface area contributed by atoms with Crippen molar-refractivity contribution in [3.63, 3.8) is 0 Å². The van der Waals surface area contributed by atoms with Gasteiger partial charge in [-0.3, -0.25) is 0 Å². The molecule has 0 fully saturated rings. The number of aryl methyl sites for hydroxylation is 1. The van der Waals surface area contributed by atoms with Gasteiger partial charge in [-0.05, 0) is 30.7 Å². The molecule has 0 spiro atoms. The number of aromatic nitrogens is 1. The maximum atomic E-state index is 9.26. The molecular formula is C17H13N3O. The molecule has 0 bridgehead atoms. The predicted octanol–water partition coefficient (Wildman–Crippen LogP) is 3.79. The van der Waals surface area contributed by atoms with E-state index in [0.717, 1.165) is 16.5 Å². The van der Waals surface area contributed by atoms with Crippen molar-refractivity contribution in [2.24, 2.45) is 0 Å². The molecule has 3 aromatic rings. The Morgan fingerprint density at radius 2 is 1.95 bits per heavy atom. The highest BCUT2D eigenvalue weighted by molar-refractivity contribution is 5.85. The molecule has 3 rings (SSSR count). The summed E-state index contributed by atoms with van der Waals surface area (Å²) in [7, 11) is 0. The zero-order valence-corrected chi connectivity index (χ0v) is 11.5. The number of anilines is 1. The molecule has 2 aromatic carbocycles. The quantitative estimate of drug-likeness (QED) is 0.722. The highest BCUT2D eigenvalue weighted by Crippen LogP contribution is 2.29. The summed E-state index contributed by atoms with van der Waals surface area (Å²) in [6.07, 6.45) is 0. The molecular weight excluding hydrogens is 262 g/mol. The van der Waals surface area contributed by atoms with Crippen LogP contribution in [0.3, 0.4) is 0 Å². The molecule has 0 aliphatic carbocycles. The molecule has 0 unspecified atom stereocenters. The minimum atomic E-state index is 0.362. The number of hydrogen-bond donors (Lipinski definition) is 1. The second kappa shape index (κ2) is 5.14. The maximum absolute atomic E-state index is 9.26. The van der Waals surface area contributed by atoms with E-state index < -0.39 is 0 Å². The third kappa shape index (κ3) is 2.49. The Hall–Kier alpha value is -3.06. The highest BCUT2D eigenvalue weighted by Gasteiger charge is 2.08. The Labute approximate surface area is 122 Å². The fraction of sp³-hybridized carbons (Fsp3) is 0.0588. The number of nitrogens with two attached hydrogens (primary N) is 1. The molecule has 0 aliphatic heterocycles. The van der Waals surface area contributed by atoms with Crippen LogP contribution >= 0.6 is 0 Å². The first kappa shape index (κ1) is 12.9. The second-order valence-electron chi connectivity index (χ2n) is 4.78. The van der Waals surface area contributed by atoms with Crippen LogP contribution in [0.25, 0.3) is 10.9 Å². The van der Waals surface area contributed by atoms with Crippen molar-refractivity contribution < 1.29 is 4.74 Å². The maximum Gasteiger partial charge on any atom is 0.221 e. The van der Waals surface area contributed by atoms with Crippen LogP contribution in [-0.2, 0) is 0 Å². The lowest BCUT2D eigenvalue weighted by Gasteiger charge is -2.09. The van der Waals surface area contributed by atoms with Gasteiger partial charge in [0.2, 0.25) is 5.88 Å². The summed E-state index contributed by atoms with van der Waals surface area (Å²) in [6, 6.07) is 16.8. The minimum absolute atomic E-state index is 0.362. The first-order chi connectivity index (χ1) is 10.2. The molecule has 0 radical (unpaired) electrons. The fourth-order valence-electron chi connectivity index (χ4n) is 2.17. The van der Waals surface area contributed by atoms with Gasteiger partial charge in [-0.25, -0.2) is 4.98 Å². The molecule has 0 saturated heterocycles. The first-order valence-corrected chi connectivity index (χ1v) is 6.51. The van der Waals surface area contributed by atoms with Gasteiger partial charge in [0.1, 0.15) is 6.07 Å². The minimum Gasteiger partial charge on any atom is -0.437 e. The second-order valence-corrected chi connectivity index (χ2v) is 4.78. The first-order valence-electron chi connectivity index (χ1n) is 6.51. The standard InChI is InChI=1S/C17H13N3O/c1-11-6-7-16(14(19)8-11)21-17-9-12(10-18)13-4-2-3-5-15(13)20-17/h2-9H,19H2,1H3. The van der Waals surface area contributed by atoms with Crippen LogP contribution in [-0.4, -0.2) is 4.98 Å². The van der Waals surface area contributed by atoms with Gasteiger partial charge in [0, 0.05) is 11.5 Å². The van der Waals surface area contributed by atoms with Gasteiger partial charge < -0.3 is 10.5 Å². The van der Waals surface area contributed by atoms with Crippen LogP contribution in [0.15, 0.2) is 48.5 Å². The van der Waals surface area contributed by atoms with E-state index in [2.05, 4.69) is 11.1 Å². The summed E-state index contributed by atoms with van der Waals surface area (Å²) >= 11 is 0. The average molecular weight is 275 g/mol. The summed E-state index contributed by atoms with van der Waals surface area (Å²) in [5, 5.41) is 10.1. The van der Waals surface area contributed by atoms with Gasteiger partial charge >= 0.3 is 0 Å². The van der Waals surface area contributed by atoms with Crippen LogP contribution in [0.5, 0.6) is 11.6 Å². The van der Waals surface area contributed by atoms with Gasteiger partial charge in [0.05, 0.1) is 16.8 Å². The van der Waals surface area contributed by atoms with Crippen LogP contribution < -0.4 is 10.5 Å². The number of pyridine rings is 1. The summed E-state index contributed by atoms with van der Waals surface area (Å²) in [5.74, 6) is 0.896. The number of ether oxygens (including phenoxy) is 1. The summed E-state index contributed by atoms with van der Waals surface area (Å²) < 4.78 is 5.73. The molecule has 0 saturated carbocycles. The number of nitriles is 1. The lowest BCUT2D eigenvalue weighted by molar-refractivity contribution is 0.467. The van der Waals surface area contributed by atoms with Crippen molar-refractivity contribution in [1.82, 2.24) is 4.98 Å². The van der Waals surface area contributed by atoms with Crippen LogP contribution in [0.4, 0.5) is 5.69 Å². The Bertz CT molecular complexity index is 866. The monoisotopic (exact) mass is 275 g/mol. The highest BCUT2D eigenvalue weighted by atomic mass is 16.5. The number of rotatable bonds is 2. The van der Waals surface area contributed by atoms with Gasteiger partial charge in [-0.2, -0.15) is 5.26 Å². The van der Waals surface area contributed by atoms with Crippen molar-refractivity contribution in [3.8, 4) is 17.7 Å². The van der Waals surface area contributed by atoms with Crippen LogP contribution in [0, 0.1) is 18.3 Å². The van der Waals surface area contributed by atoms with Crippen molar-refractivity contribution >= 4 is 16.6 Å². The van der Waals surface area contributed by atoms with Gasteiger partial charge in [-0.1, -0.05) is 24.3 Å². The summed E-state index contributed by atoms with van der Waals surface area (Å²) in [4.78, 5) is 4.41. The fourth-order valence-corrected chi connectivity index (χ4v) is 2.17. The number of benzene rings is 2. The van der Waals surface area contributed by atoms with Crippen molar-refractivity contribution in [2.45, 2.75) is 6.92 Å². The average Bonchev–Trinajstić information content (AvgIpc) is 2.49. The SMILES string of the molecule is Cc1ccc(Oc2cc(C#N)c3ccccc3n2)c(N)c1. The van der Waals surface area contributed by atoms with Crippen molar-refractivity contribution in [2.75, 3.05) is 5.73 Å². The Morgan fingerprint density at radius 3 is 2.71 bits per heavy atom. The topological polar surface area (TPSA) is 71.9 Å². The molecule has 1 aromatic heterocycles. The normalized spacial score (nSPS) is 10.3. The zero-order valence-electron chi connectivity index (χ0n) is 11.5. The van der Waals surface area contributed by atoms with Gasteiger partial charge in [-0.15, -0.1) is 0 Å². The lowest BCUT2D eigenvalue weighted by Crippen LogP contribution is -1.95. The van der Waals surface area contributed by atoms with E-state index in [-0.39, 0.29) is 0 Å². The Balaban J connectivity index is 2.07. The zero-order chi connectivity index (χ0) is 14.8. The lowest BCUT2D eigenvalue weighted by atomic mass is 10.1. The summed E-state index contributed by atoms with van der Waals surface area (Å²) in [6.45, 7) is 1.96. The van der Waals surface area contributed by atoms with Gasteiger partial charge in [0.25, 0.3) is 0 Å². The smallest absolute Gasteiger partial charge is 0.221 e. The molecule has 4 heteroatoms. The molecule has 1 heterocycles. The third-order valence-corrected chi connectivity index (χ3v) is 3.19. The van der Waals surface area contributed by atoms with Crippen molar-refractivity contribution in [3.05, 3.63) is 59.7 Å². The number of nitrogens with zero attached hydrogens (tertiary/aromatic N) is 2. The van der Waals surface area contributed by atoms with E-state index in [1.165, 1.54) is 0 Å². The van der Waals surface area contributed by atoms with E-state index >= 15 is 0 Å². The van der Waals surface area contributed by atoms with E-state index in [4.69, 9.17) is 10.5 Å². The van der Waals surface area contributed by atoms with E-state index in [1.807, 2.05) is 43.3 Å². The van der Waals surface area contributed by atoms with E-state index in [1.54, 1.807) is 12.1 Å². The number of hydrogen-bond acceptors (Lipinski definition) is 4. The van der Waals surface area contributed by atoms with Crippen molar-refractivity contribution in [1.29, 1.82) is 5.26 Å². The largest absolute Gasteiger partial charge is 0.437 e. The van der Waals surface area contributed by atoms with Crippen LogP contribution in [0.1, 0.15) is 11.1 Å². The molecule has 102 valence electrons. The Kier molecular flexibility index (Phi) is 3.17. The van der Waals surface area contributed by atoms with E-state index in [9.17, 15) is 5.26 Å². The number of nitrogen functional groups attached to an aromatic ring is 1. The molecule has 0 aliphatic rings.